The molecule has 0 fully saturated rings. The van der Waals surface area contributed by atoms with Gasteiger partial charge in [0.05, 0.1) is 20.3 Å². The number of aliphatic hydroxyl groups excluding tert-OH is 1. The summed E-state index contributed by atoms with van der Waals surface area (Å²) in [7, 11) is 3.28. The lowest BCUT2D eigenvalue weighted by molar-refractivity contribution is 0.167. The van der Waals surface area contributed by atoms with Gasteiger partial charge in [-0.3, -0.25) is 0 Å². The minimum atomic E-state index is -0.299. The molecular weight excluding hydrogens is 218 g/mol. The molecule has 17 heavy (non-hydrogen) atoms. The van der Waals surface area contributed by atoms with Crippen molar-refractivity contribution in [2.75, 3.05) is 20.8 Å². The zero-order chi connectivity index (χ0) is 12.7. The summed E-state index contributed by atoms with van der Waals surface area (Å²) in [4.78, 5) is 0. The fraction of sp³-hybridized carbons (Fsp3) is 0.538. The van der Waals surface area contributed by atoms with Crippen LogP contribution in [0.25, 0.3) is 0 Å². The van der Waals surface area contributed by atoms with Gasteiger partial charge in [0.25, 0.3) is 0 Å². The summed E-state index contributed by atoms with van der Waals surface area (Å²) in [5.74, 6) is 1.63. The van der Waals surface area contributed by atoms with E-state index < -0.39 is 0 Å². The van der Waals surface area contributed by atoms with Gasteiger partial charge in [-0.2, -0.15) is 0 Å². The summed E-state index contributed by atoms with van der Waals surface area (Å²) in [6.07, 6.45) is 0.453. The molecule has 0 aliphatic carbocycles. The molecule has 96 valence electrons. The fourth-order valence-corrected chi connectivity index (χ4v) is 1.54. The SMILES string of the molecule is CCC(O)CNCc1cc(OC)ccc1OC. The number of hydrogen-bond acceptors (Lipinski definition) is 4. The van der Waals surface area contributed by atoms with Crippen LogP contribution in [0.1, 0.15) is 18.9 Å². The molecule has 0 bridgehead atoms. The molecular formula is C13H21NO3. The lowest BCUT2D eigenvalue weighted by Crippen LogP contribution is -2.25. The van der Waals surface area contributed by atoms with Crippen LogP contribution in [0.4, 0.5) is 0 Å². The van der Waals surface area contributed by atoms with Crippen molar-refractivity contribution in [2.24, 2.45) is 0 Å². The van der Waals surface area contributed by atoms with Gasteiger partial charge in [0, 0.05) is 18.7 Å². The van der Waals surface area contributed by atoms with Gasteiger partial charge in [-0.25, -0.2) is 0 Å². The highest BCUT2D eigenvalue weighted by Gasteiger charge is 2.06. The summed E-state index contributed by atoms with van der Waals surface area (Å²) in [5.41, 5.74) is 1.02. The molecule has 1 rings (SSSR count). The normalized spacial score (nSPS) is 12.2. The number of hydrogen-bond donors (Lipinski definition) is 2. The molecule has 0 radical (unpaired) electrons. The molecule has 0 spiro atoms. The number of rotatable bonds is 7. The van der Waals surface area contributed by atoms with Crippen molar-refractivity contribution in [3.63, 3.8) is 0 Å². The highest BCUT2D eigenvalue weighted by atomic mass is 16.5. The van der Waals surface area contributed by atoms with Crippen LogP contribution in [0.3, 0.4) is 0 Å². The molecule has 0 aromatic heterocycles. The van der Waals surface area contributed by atoms with E-state index in [-0.39, 0.29) is 6.10 Å². The topological polar surface area (TPSA) is 50.7 Å². The maximum Gasteiger partial charge on any atom is 0.123 e. The average molecular weight is 239 g/mol. The third kappa shape index (κ3) is 4.24. The maximum atomic E-state index is 9.44. The molecule has 0 amide bonds. The van der Waals surface area contributed by atoms with Crippen molar-refractivity contribution in [1.29, 1.82) is 0 Å². The molecule has 1 aromatic carbocycles. The molecule has 0 saturated carbocycles. The van der Waals surface area contributed by atoms with Gasteiger partial charge >= 0.3 is 0 Å². The van der Waals surface area contributed by atoms with E-state index in [2.05, 4.69) is 5.32 Å². The molecule has 1 aromatic rings. The monoisotopic (exact) mass is 239 g/mol. The predicted molar refractivity (Wildman–Crippen MR) is 67.6 cm³/mol. The van der Waals surface area contributed by atoms with Crippen LogP contribution in [-0.2, 0) is 6.54 Å². The Balaban J connectivity index is 2.61. The van der Waals surface area contributed by atoms with Crippen molar-refractivity contribution in [1.82, 2.24) is 5.32 Å². The van der Waals surface area contributed by atoms with Gasteiger partial charge in [-0.1, -0.05) is 6.92 Å². The Hall–Kier alpha value is -1.26. The zero-order valence-electron chi connectivity index (χ0n) is 10.7. The minimum absolute atomic E-state index is 0.299. The molecule has 0 aliphatic rings. The van der Waals surface area contributed by atoms with E-state index in [1.807, 2.05) is 25.1 Å². The number of ether oxygens (including phenoxy) is 2. The van der Waals surface area contributed by atoms with Crippen molar-refractivity contribution in [3.05, 3.63) is 23.8 Å². The Bertz CT molecular complexity index is 341. The van der Waals surface area contributed by atoms with Crippen molar-refractivity contribution >= 4 is 0 Å². The average Bonchev–Trinajstić information content (AvgIpc) is 2.38. The number of nitrogens with one attached hydrogen (secondary N) is 1. The highest BCUT2D eigenvalue weighted by molar-refractivity contribution is 5.40. The second kappa shape index (κ2) is 7.14. The first-order chi connectivity index (χ1) is 8.21. The van der Waals surface area contributed by atoms with Gasteiger partial charge in [-0.05, 0) is 24.6 Å². The standard InChI is InChI=1S/C13H21NO3/c1-4-11(15)9-14-8-10-7-12(16-2)5-6-13(10)17-3/h5-7,11,14-15H,4,8-9H2,1-3H3. The summed E-state index contributed by atoms with van der Waals surface area (Å²) in [5, 5.41) is 12.6. The second-order valence-corrected chi connectivity index (χ2v) is 3.87. The van der Waals surface area contributed by atoms with Gasteiger partial charge in [0.2, 0.25) is 0 Å². The van der Waals surface area contributed by atoms with E-state index in [0.29, 0.717) is 13.1 Å². The Kier molecular flexibility index (Phi) is 5.80. The van der Waals surface area contributed by atoms with Gasteiger partial charge in [-0.15, -0.1) is 0 Å². The van der Waals surface area contributed by atoms with Crippen LogP contribution in [0.5, 0.6) is 11.5 Å². The number of benzene rings is 1. The van der Waals surface area contributed by atoms with Crippen molar-refractivity contribution < 1.29 is 14.6 Å². The van der Waals surface area contributed by atoms with E-state index >= 15 is 0 Å². The Morgan fingerprint density at radius 3 is 2.65 bits per heavy atom. The smallest absolute Gasteiger partial charge is 0.123 e. The third-order valence-corrected chi connectivity index (χ3v) is 2.65. The fourth-order valence-electron chi connectivity index (χ4n) is 1.54. The first kappa shape index (κ1) is 13.8. The van der Waals surface area contributed by atoms with Gasteiger partial charge in [0.1, 0.15) is 11.5 Å². The third-order valence-electron chi connectivity index (χ3n) is 2.65. The quantitative estimate of drug-likeness (QED) is 0.758. The summed E-state index contributed by atoms with van der Waals surface area (Å²) >= 11 is 0. The van der Waals surface area contributed by atoms with Crippen molar-refractivity contribution in [2.45, 2.75) is 26.0 Å². The number of methoxy groups -OCH3 is 2. The van der Waals surface area contributed by atoms with E-state index in [1.54, 1.807) is 14.2 Å². The molecule has 4 nitrogen and oxygen atoms in total. The molecule has 1 atom stereocenters. The first-order valence-electron chi connectivity index (χ1n) is 5.81. The largest absolute Gasteiger partial charge is 0.497 e. The lowest BCUT2D eigenvalue weighted by atomic mass is 10.2. The van der Waals surface area contributed by atoms with E-state index in [9.17, 15) is 5.11 Å². The van der Waals surface area contributed by atoms with Gasteiger partial charge in [0.15, 0.2) is 0 Å². The summed E-state index contributed by atoms with van der Waals surface area (Å²) < 4.78 is 10.4. The highest BCUT2D eigenvalue weighted by Crippen LogP contribution is 2.23. The summed E-state index contributed by atoms with van der Waals surface area (Å²) in [6.45, 7) is 3.19. The van der Waals surface area contributed by atoms with Crippen LogP contribution < -0.4 is 14.8 Å². The van der Waals surface area contributed by atoms with Crippen LogP contribution in [-0.4, -0.2) is 32.0 Å². The van der Waals surface area contributed by atoms with Crippen LogP contribution in [0.2, 0.25) is 0 Å². The lowest BCUT2D eigenvalue weighted by Gasteiger charge is -2.13. The molecule has 0 heterocycles. The van der Waals surface area contributed by atoms with Gasteiger partial charge < -0.3 is 19.9 Å². The Morgan fingerprint density at radius 1 is 1.29 bits per heavy atom. The Labute approximate surface area is 103 Å². The maximum absolute atomic E-state index is 9.44. The van der Waals surface area contributed by atoms with E-state index in [1.165, 1.54) is 0 Å². The van der Waals surface area contributed by atoms with E-state index in [0.717, 1.165) is 23.5 Å². The van der Waals surface area contributed by atoms with Crippen LogP contribution >= 0.6 is 0 Å². The predicted octanol–water partition coefficient (Wildman–Crippen LogP) is 1.56. The summed E-state index contributed by atoms with van der Waals surface area (Å²) in [6, 6.07) is 5.68. The molecule has 0 aliphatic heterocycles. The molecule has 4 heteroatoms. The van der Waals surface area contributed by atoms with Crippen molar-refractivity contribution in [3.8, 4) is 11.5 Å². The second-order valence-electron chi connectivity index (χ2n) is 3.87. The molecule has 2 N–H and O–H groups in total. The van der Waals surface area contributed by atoms with E-state index in [4.69, 9.17) is 9.47 Å². The Morgan fingerprint density at radius 2 is 2.06 bits per heavy atom. The van der Waals surface area contributed by atoms with Crippen LogP contribution in [0.15, 0.2) is 18.2 Å². The molecule has 0 saturated heterocycles. The first-order valence-corrected chi connectivity index (χ1v) is 5.81. The zero-order valence-corrected chi connectivity index (χ0v) is 10.7. The van der Waals surface area contributed by atoms with Crippen LogP contribution in [0, 0.1) is 0 Å². The molecule has 1 unspecified atom stereocenters. The number of aliphatic hydroxyl groups is 1. The minimum Gasteiger partial charge on any atom is -0.497 e.